The number of halogens is 1. The third-order valence-corrected chi connectivity index (χ3v) is 8.70. The van der Waals surface area contributed by atoms with Gasteiger partial charge in [0.25, 0.3) is 0 Å². The molecule has 1 aliphatic heterocycles. The van der Waals surface area contributed by atoms with Crippen molar-refractivity contribution in [2.75, 3.05) is 26.2 Å². The predicted octanol–water partition coefficient (Wildman–Crippen LogP) is 1.68. The van der Waals surface area contributed by atoms with Gasteiger partial charge in [-0.1, -0.05) is 0 Å². The monoisotopic (exact) mass is 499 g/mol. The van der Waals surface area contributed by atoms with Crippen molar-refractivity contribution in [3.05, 3.63) is 43.1 Å². The number of amides is 1. The van der Waals surface area contributed by atoms with Crippen LogP contribution in [0.3, 0.4) is 0 Å². The van der Waals surface area contributed by atoms with Gasteiger partial charge in [-0.2, -0.15) is 0 Å². The Morgan fingerprint density at radius 3 is 3.04 bits per heavy atom. The van der Waals surface area contributed by atoms with Crippen LogP contribution in [0.2, 0.25) is 0 Å². The Balaban J connectivity index is 1.79. The molecule has 2 aromatic heterocycles. The molecular weight excluding hydrogens is 481 g/mol. The molecular formula is C18H18BrN3O4Se. The quantitative estimate of drug-likeness (QED) is 0.220. The Bertz CT molecular complexity index is 1070. The van der Waals surface area contributed by atoms with Crippen molar-refractivity contribution in [2.24, 2.45) is 0 Å². The number of hydroxylamine groups is 1. The Labute approximate surface area is 169 Å². The van der Waals surface area contributed by atoms with Gasteiger partial charge in [-0.3, -0.25) is 0 Å². The molecule has 3 aromatic rings. The number of hydrogen-bond acceptors (Lipinski definition) is 6. The first-order valence-corrected chi connectivity index (χ1v) is 11.1. The second-order valence-corrected chi connectivity index (χ2v) is 9.58. The van der Waals surface area contributed by atoms with Gasteiger partial charge in [0.05, 0.1) is 0 Å². The van der Waals surface area contributed by atoms with E-state index in [1.54, 1.807) is 0 Å². The molecule has 7 nitrogen and oxygen atoms in total. The summed E-state index contributed by atoms with van der Waals surface area (Å²) in [6.07, 6.45) is 1.14. The Morgan fingerprint density at radius 2 is 2.22 bits per heavy atom. The zero-order valence-corrected chi connectivity index (χ0v) is 17.7. The molecule has 0 unspecified atom stereocenters. The van der Waals surface area contributed by atoms with E-state index >= 15 is 0 Å². The van der Waals surface area contributed by atoms with Crippen LogP contribution in [-0.2, 0) is 6.54 Å². The molecule has 0 aliphatic carbocycles. The summed E-state index contributed by atoms with van der Waals surface area (Å²) >= 11 is 3.77. The molecule has 4 rings (SSSR count). The van der Waals surface area contributed by atoms with Crippen LogP contribution in [0.25, 0.3) is 20.6 Å². The first-order valence-electron chi connectivity index (χ1n) is 8.63. The van der Waals surface area contributed by atoms with Gasteiger partial charge in [0, 0.05) is 0 Å². The summed E-state index contributed by atoms with van der Waals surface area (Å²) < 4.78 is 8.90. The van der Waals surface area contributed by atoms with Crippen molar-refractivity contribution >= 4 is 57.0 Å². The van der Waals surface area contributed by atoms with Crippen LogP contribution in [0.4, 0.5) is 0 Å². The molecule has 0 spiro atoms. The van der Waals surface area contributed by atoms with Crippen molar-refractivity contribution in [1.82, 2.24) is 15.7 Å². The van der Waals surface area contributed by atoms with E-state index in [0.717, 1.165) is 53.3 Å². The van der Waals surface area contributed by atoms with Crippen LogP contribution in [0.1, 0.15) is 21.2 Å². The fourth-order valence-corrected chi connectivity index (χ4v) is 7.08. The number of carbonyl (C=O) groups is 1. The van der Waals surface area contributed by atoms with Crippen molar-refractivity contribution in [3.8, 4) is 0 Å². The van der Waals surface area contributed by atoms with Gasteiger partial charge >= 0.3 is 169 Å². The van der Waals surface area contributed by atoms with Gasteiger partial charge in [0.1, 0.15) is 0 Å². The third-order valence-electron chi connectivity index (χ3n) is 4.71. The second-order valence-electron chi connectivity index (χ2n) is 6.47. The topological polar surface area (TPSA) is 94.8 Å². The number of hydrogen-bond donors (Lipinski definition) is 3. The summed E-state index contributed by atoms with van der Waals surface area (Å²) in [5, 5.41) is 13.9. The molecule has 3 heterocycles. The van der Waals surface area contributed by atoms with Gasteiger partial charge in [-0.25, -0.2) is 0 Å². The SMILES string of the molecule is O=C(NO)c1cc2ccc3c(Br)c(CN4CCCNCC4)[se]c3c2oc1=O. The van der Waals surface area contributed by atoms with E-state index in [1.807, 2.05) is 12.1 Å². The van der Waals surface area contributed by atoms with Crippen LogP contribution in [-0.4, -0.2) is 56.7 Å². The molecule has 27 heavy (non-hydrogen) atoms. The fraction of sp³-hybridized carbons (Fsp3) is 0.333. The number of fused-ring (bicyclic) bond motifs is 3. The van der Waals surface area contributed by atoms with Crippen LogP contribution < -0.4 is 16.4 Å². The molecule has 0 bridgehead atoms. The first kappa shape index (κ1) is 18.9. The van der Waals surface area contributed by atoms with Crippen LogP contribution in [0.5, 0.6) is 0 Å². The summed E-state index contributed by atoms with van der Waals surface area (Å²) in [4.78, 5) is 26.3. The molecule has 1 aliphatic rings. The molecule has 9 heteroatoms. The van der Waals surface area contributed by atoms with Crippen molar-refractivity contribution in [2.45, 2.75) is 13.0 Å². The van der Waals surface area contributed by atoms with Crippen LogP contribution >= 0.6 is 15.9 Å². The van der Waals surface area contributed by atoms with Gasteiger partial charge in [-0.05, 0) is 0 Å². The normalized spacial score (nSPS) is 15.9. The van der Waals surface area contributed by atoms with E-state index < -0.39 is 11.5 Å². The summed E-state index contributed by atoms with van der Waals surface area (Å²) in [6, 6.07) is 5.29. The fourth-order valence-electron chi connectivity index (χ4n) is 3.33. The number of benzene rings is 1. The van der Waals surface area contributed by atoms with Crippen molar-refractivity contribution in [1.29, 1.82) is 0 Å². The number of rotatable bonds is 3. The summed E-state index contributed by atoms with van der Waals surface area (Å²) in [7, 11) is 0. The maximum atomic E-state index is 12.2. The van der Waals surface area contributed by atoms with E-state index in [4.69, 9.17) is 9.62 Å². The predicted molar refractivity (Wildman–Crippen MR) is 107 cm³/mol. The maximum absolute atomic E-state index is 12.2. The van der Waals surface area contributed by atoms with E-state index in [2.05, 4.69) is 26.1 Å². The van der Waals surface area contributed by atoms with Gasteiger partial charge in [0.15, 0.2) is 0 Å². The second kappa shape index (κ2) is 7.87. The average molecular weight is 499 g/mol. The van der Waals surface area contributed by atoms with E-state index in [0.29, 0.717) is 11.0 Å². The van der Waals surface area contributed by atoms with E-state index in [-0.39, 0.29) is 20.1 Å². The summed E-state index contributed by atoms with van der Waals surface area (Å²) in [6.45, 7) is 5.04. The molecule has 1 saturated heterocycles. The van der Waals surface area contributed by atoms with Gasteiger partial charge < -0.3 is 0 Å². The molecule has 3 N–H and O–H groups in total. The molecule has 1 aromatic carbocycles. The zero-order chi connectivity index (χ0) is 19.0. The summed E-state index contributed by atoms with van der Waals surface area (Å²) in [5.74, 6) is -0.869. The number of carbonyl (C=O) groups excluding carboxylic acids is 1. The molecule has 142 valence electrons. The minimum atomic E-state index is -0.869. The van der Waals surface area contributed by atoms with Gasteiger partial charge in [0.2, 0.25) is 0 Å². The standard InChI is InChI=1S/C18H18BrN3O4Se/c19-14-11-3-2-10-8-12(17(23)21-25)18(24)26-15(10)16(11)27-13(14)9-22-6-1-4-20-5-7-22/h2-3,8,20,25H,1,4-7,9H2,(H,21,23). The first-order chi connectivity index (χ1) is 13.1. The molecule has 0 radical (unpaired) electrons. The minimum absolute atomic E-state index is 0.0318. The summed E-state index contributed by atoms with van der Waals surface area (Å²) in [5.41, 5.74) is 1.05. The van der Waals surface area contributed by atoms with Crippen molar-refractivity contribution in [3.63, 3.8) is 0 Å². The molecule has 0 saturated carbocycles. The van der Waals surface area contributed by atoms with E-state index in [1.165, 1.54) is 16.0 Å². The van der Waals surface area contributed by atoms with Gasteiger partial charge in [-0.15, -0.1) is 0 Å². The van der Waals surface area contributed by atoms with Crippen LogP contribution in [0, 0.1) is 0 Å². The number of nitrogens with zero attached hydrogens (tertiary/aromatic N) is 1. The Hall–Kier alpha value is -1.48. The molecule has 0 atom stereocenters. The third kappa shape index (κ3) is 3.63. The molecule has 1 fully saturated rings. The van der Waals surface area contributed by atoms with Crippen molar-refractivity contribution < 1.29 is 14.4 Å². The zero-order valence-electron chi connectivity index (χ0n) is 14.4. The van der Waals surface area contributed by atoms with Crippen LogP contribution in [0.15, 0.2) is 31.9 Å². The average Bonchev–Trinajstić information content (AvgIpc) is 2.84. The Morgan fingerprint density at radius 1 is 1.37 bits per heavy atom. The molecule has 1 amide bonds. The number of nitrogens with one attached hydrogen (secondary N) is 2. The van der Waals surface area contributed by atoms with E-state index in [9.17, 15) is 9.59 Å². The Kier molecular flexibility index (Phi) is 5.50.